The van der Waals surface area contributed by atoms with Gasteiger partial charge in [-0.3, -0.25) is 9.59 Å². The predicted octanol–water partition coefficient (Wildman–Crippen LogP) is 12.8. The summed E-state index contributed by atoms with van der Waals surface area (Å²) in [5.74, 6) is -0.0829. The van der Waals surface area contributed by atoms with Crippen molar-refractivity contribution in [3.05, 3.63) is 0 Å². The number of rotatable bonds is 44. The molecule has 0 aliphatic carbocycles. The first-order valence-electron chi connectivity index (χ1n) is 23.8. The second-order valence-corrected chi connectivity index (χ2v) is 16.4. The van der Waals surface area contributed by atoms with Gasteiger partial charge in [-0.25, -0.2) is 0 Å². The van der Waals surface area contributed by atoms with Crippen molar-refractivity contribution < 1.29 is 29.3 Å². The zero-order valence-corrected chi connectivity index (χ0v) is 36.4. The van der Waals surface area contributed by atoms with Crippen molar-refractivity contribution >= 4 is 11.9 Å². The molecule has 0 aliphatic heterocycles. The fourth-order valence-electron chi connectivity index (χ4n) is 7.40. The van der Waals surface area contributed by atoms with Gasteiger partial charge in [0.1, 0.15) is 6.10 Å². The van der Waals surface area contributed by atoms with Gasteiger partial charge in [0.25, 0.3) is 0 Å². The summed E-state index contributed by atoms with van der Waals surface area (Å²) < 4.78 is 11.4. The van der Waals surface area contributed by atoms with Crippen LogP contribution in [0.2, 0.25) is 0 Å². The summed E-state index contributed by atoms with van der Waals surface area (Å²) in [6.45, 7) is 10.2. The van der Waals surface area contributed by atoms with Crippen LogP contribution in [0.5, 0.6) is 0 Å². The van der Waals surface area contributed by atoms with Crippen molar-refractivity contribution in [2.24, 2.45) is 0 Å². The lowest BCUT2D eigenvalue weighted by Gasteiger charge is -2.25. The number of carbonyl (C=O) groups is 2. The van der Waals surface area contributed by atoms with Gasteiger partial charge in [0, 0.05) is 26.0 Å². The summed E-state index contributed by atoms with van der Waals surface area (Å²) in [4.78, 5) is 27.2. The molecule has 0 bridgehead atoms. The van der Waals surface area contributed by atoms with E-state index in [9.17, 15) is 19.8 Å². The summed E-state index contributed by atoms with van der Waals surface area (Å²) in [7, 11) is 0. The number of unbranched alkanes of at least 4 members (excludes halogenated alkanes) is 24. The minimum atomic E-state index is -0.360. The van der Waals surface area contributed by atoms with Gasteiger partial charge in [-0.2, -0.15) is 0 Å². The van der Waals surface area contributed by atoms with Crippen LogP contribution in [0.3, 0.4) is 0 Å². The van der Waals surface area contributed by atoms with Crippen LogP contribution in [-0.4, -0.2) is 72.1 Å². The summed E-state index contributed by atoms with van der Waals surface area (Å²) in [5, 5.41) is 20.1. The van der Waals surface area contributed by atoms with Gasteiger partial charge in [-0.1, -0.05) is 156 Å². The molecule has 322 valence electrons. The maximum absolute atomic E-state index is 12.8. The SMILES string of the molecule is CCCCCCCCCOC(=O)CCCCCCCN(CCCCCO)CC(O)CCCCCC(=O)OC(CCCCCCCC)CCCCCCCC. The highest BCUT2D eigenvalue weighted by Gasteiger charge is 2.15. The molecular formula is C47H93NO6. The first-order valence-corrected chi connectivity index (χ1v) is 23.8. The molecule has 0 aromatic heterocycles. The van der Waals surface area contributed by atoms with Crippen molar-refractivity contribution in [2.45, 2.75) is 258 Å². The fourth-order valence-corrected chi connectivity index (χ4v) is 7.40. The minimum Gasteiger partial charge on any atom is -0.466 e. The molecule has 2 N–H and O–H groups in total. The molecular weight excluding hydrogens is 675 g/mol. The van der Waals surface area contributed by atoms with Crippen LogP contribution in [0, 0.1) is 0 Å². The Balaban J connectivity index is 4.28. The van der Waals surface area contributed by atoms with Gasteiger partial charge in [0.2, 0.25) is 0 Å². The highest BCUT2D eigenvalue weighted by molar-refractivity contribution is 5.69. The number of aliphatic hydroxyl groups is 2. The lowest BCUT2D eigenvalue weighted by Crippen LogP contribution is -2.34. The standard InChI is InChI=1S/C47H93NO6/c1-4-7-10-13-16-22-33-42-53-46(51)37-28-20-17-21-30-39-48(40-31-24-32-41-49)43-44(50)34-25-23-29-38-47(52)54-45(35-26-18-14-11-8-5-2)36-27-19-15-12-9-6-3/h44-45,49-50H,4-43H2,1-3H3. The molecule has 0 rings (SSSR count). The largest absolute Gasteiger partial charge is 0.466 e. The number of ether oxygens (including phenoxy) is 2. The quantitative estimate of drug-likeness (QED) is 0.0471. The van der Waals surface area contributed by atoms with Crippen LogP contribution in [0.15, 0.2) is 0 Å². The molecule has 0 spiro atoms. The van der Waals surface area contributed by atoms with E-state index in [-0.39, 0.29) is 30.8 Å². The summed E-state index contributed by atoms with van der Waals surface area (Å²) >= 11 is 0. The zero-order valence-electron chi connectivity index (χ0n) is 36.4. The summed E-state index contributed by atoms with van der Waals surface area (Å²) in [5.41, 5.74) is 0. The number of hydrogen-bond donors (Lipinski definition) is 2. The van der Waals surface area contributed by atoms with E-state index in [1.54, 1.807) is 0 Å². The zero-order chi connectivity index (χ0) is 39.6. The molecule has 0 aromatic rings. The van der Waals surface area contributed by atoms with Crippen molar-refractivity contribution in [3.8, 4) is 0 Å². The van der Waals surface area contributed by atoms with Crippen LogP contribution in [-0.2, 0) is 19.1 Å². The van der Waals surface area contributed by atoms with E-state index in [0.717, 1.165) is 129 Å². The molecule has 0 amide bonds. The lowest BCUT2D eigenvalue weighted by atomic mass is 10.0. The van der Waals surface area contributed by atoms with Crippen molar-refractivity contribution in [2.75, 3.05) is 32.8 Å². The maximum Gasteiger partial charge on any atom is 0.306 e. The topological polar surface area (TPSA) is 96.3 Å². The van der Waals surface area contributed by atoms with Crippen LogP contribution < -0.4 is 0 Å². The monoisotopic (exact) mass is 768 g/mol. The summed E-state index contributed by atoms with van der Waals surface area (Å²) in [6.07, 6.45) is 38.1. The molecule has 0 heterocycles. The van der Waals surface area contributed by atoms with Gasteiger partial charge >= 0.3 is 11.9 Å². The minimum absolute atomic E-state index is 0.0368. The van der Waals surface area contributed by atoms with E-state index in [1.807, 2.05) is 0 Å². The molecule has 1 atom stereocenters. The van der Waals surface area contributed by atoms with Gasteiger partial charge in [0.05, 0.1) is 12.7 Å². The molecule has 1 unspecified atom stereocenters. The van der Waals surface area contributed by atoms with E-state index in [4.69, 9.17) is 9.47 Å². The first kappa shape index (κ1) is 52.8. The van der Waals surface area contributed by atoms with E-state index in [0.29, 0.717) is 26.0 Å². The third kappa shape index (κ3) is 39.1. The molecule has 0 saturated heterocycles. The van der Waals surface area contributed by atoms with Crippen LogP contribution in [0.1, 0.15) is 245 Å². The van der Waals surface area contributed by atoms with Crippen LogP contribution >= 0.6 is 0 Å². The van der Waals surface area contributed by atoms with Crippen LogP contribution in [0.25, 0.3) is 0 Å². The Morgan fingerprint density at radius 3 is 1.43 bits per heavy atom. The predicted molar refractivity (Wildman–Crippen MR) is 229 cm³/mol. The van der Waals surface area contributed by atoms with Gasteiger partial charge in [-0.15, -0.1) is 0 Å². The van der Waals surface area contributed by atoms with E-state index < -0.39 is 0 Å². The normalized spacial score (nSPS) is 12.2. The molecule has 7 heteroatoms. The first-order chi connectivity index (χ1) is 26.5. The molecule has 0 aliphatic rings. The Hall–Kier alpha value is -1.18. The number of aliphatic hydroxyl groups excluding tert-OH is 2. The number of hydrogen-bond acceptors (Lipinski definition) is 7. The Labute approximate surface area is 335 Å². The lowest BCUT2D eigenvalue weighted by molar-refractivity contribution is -0.150. The smallest absolute Gasteiger partial charge is 0.306 e. The Bertz CT molecular complexity index is 763. The number of esters is 2. The average molecular weight is 768 g/mol. The fraction of sp³-hybridized carbons (Fsp3) is 0.957. The summed E-state index contributed by atoms with van der Waals surface area (Å²) in [6, 6.07) is 0. The average Bonchev–Trinajstić information content (AvgIpc) is 3.16. The van der Waals surface area contributed by atoms with Crippen LogP contribution in [0.4, 0.5) is 0 Å². The van der Waals surface area contributed by atoms with E-state index in [1.165, 1.54) is 96.3 Å². The van der Waals surface area contributed by atoms with Gasteiger partial charge in [0.15, 0.2) is 0 Å². The highest BCUT2D eigenvalue weighted by atomic mass is 16.5. The van der Waals surface area contributed by atoms with Crippen molar-refractivity contribution in [1.82, 2.24) is 4.90 Å². The van der Waals surface area contributed by atoms with Crippen molar-refractivity contribution in [3.63, 3.8) is 0 Å². The Morgan fingerprint density at radius 2 is 0.889 bits per heavy atom. The third-order valence-electron chi connectivity index (χ3n) is 10.9. The molecule has 0 saturated carbocycles. The van der Waals surface area contributed by atoms with E-state index >= 15 is 0 Å². The molecule has 0 fully saturated rings. The Morgan fingerprint density at radius 1 is 0.481 bits per heavy atom. The number of carbonyl (C=O) groups excluding carboxylic acids is 2. The number of nitrogens with zero attached hydrogens (tertiary/aromatic N) is 1. The van der Waals surface area contributed by atoms with E-state index in [2.05, 4.69) is 25.7 Å². The Kier molecular flexibility index (Phi) is 42.0. The third-order valence-corrected chi connectivity index (χ3v) is 10.9. The second kappa shape index (κ2) is 43.0. The molecule has 0 radical (unpaired) electrons. The van der Waals surface area contributed by atoms with Crippen molar-refractivity contribution in [1.29, 1.82) is 0 Å². The van der Waals surface area contributed by atoms with Gasteiger partial charge in [-0.05, 0) is 90.1 Å². The van der Waals surface area contributed by atoms with Gasteiger partial charge < -0.3 is 24.6 Å². The molecule has 7 nitrogen and oxygen atoms in total. The molecule has 0 aromatic carbocycles. The highest BCUT2D eigenvalue weighted by Crippen LogP contribution is 2.19. The second-order valence-electron chi connectivity index (χ2n) is 16.4. The molecule has 54 heavy (non-hydrogen) atoms. The maximum atomic E-state index is 12.8.